The van der Waals surface area contributed by atoms with Gasteiger partial charge in [0.15, 0.2) is 0 Å². The SMILES string of the molecule is CS(=O)(=O)NCC(=O)Nc1cccc(Cl)c1.c1ccccc1. The number of rotatable bonds is 4. The molecule has 0 aliphatic rings. The molecule has 0 aliphatic heterocycles. The maximum absolute atomic E-state index is 11.3. The van der Waals surface area contributed by atoms with Gasteiger partial charge in [0.2, 0.25) is 15.9 Å². The van der Waals surface area contributed by atoms with Gasteiger partial charge in [0.1, 0.15) is 0 Å². The number of nitrogens with one attached hydrogen (secondary N) is 2. The van der Waals surface area contributed by atoms with Crippen LogP contribution in [0.5, 0.6) is 0 Å². The van der Waals surface area contributed by atoms with Gasteiger partial charge < -0.3 is 5.32 Å². The lowest BCUT2D eigenvalue weighted by atomic mass is 10.3. The first-order valence-electron chi connectivity index (χ1n) is 6.37. The summed E-state index contributed by atoms with van der Waals surface area (Å²) in [5, 5.41) is 3.00. The minimum Gasteiger partial charge on any atom is -0.325 e. The number of anilines is 1. The number of benzene rings is 2. The molecule has 5 nitrogen and oxygen atoms in total. The quantitative estimate of drug-likeness (QED) is 0.898. The van der Waals surface area contributed by atoms with Gasteiger partial charge in [0.25, 0.3) is 0 Å². The molecule has 0 heterocycles. The lowest BCUT2D eigenvalue weighted by molar-refractivity contribution is -0.115. The Balaban J connectivity index is 0.000000335. The summed E-state index contributed by atoms with van der Waals surface area (Å²) in [6.07, 6.45) is 0.986. The van der Waals surface area contributed by atoms with Gasteiger partial charge in [0.05, 0.1) is 12.8 Å². The lowest BCUT2D eigenvalue weighted by Crippen LogP contribution is -2.32. The number of carbonyl (C=O) groups is 1. The summed E-state index contributed by atoms with van der Waals surface area (Å²) in [6.45, 7) is -0.300. The highest BCUT2D eigenvalue weighted by Crippen LogP contribution is 2.14. The second-order valence-electron chi connectivity index (χ2n) is 4.31. The molecule has 0 fully saturated rings. The average Bonchev–Trinajstić information content (AvgIpc) is 2.47. The molecule has 2 rings (SSSR count). The van der Waals surface area contributed by atoms with E-state index in [0.717, 1.165) is 6.26 Å². The first-order valence-corrected chi connectivity index (χ1v) is 8.64. The predicted octanol–water partition coefficient (Wildman–Crippen LogP) is 2.51. The van der Waals surface area contributed by atoms with Crippen molar-refractivity contribution in [1.82, 2.24) is 4.72 Å². The summed E-state index contributed by atoms with van der Waals surface area (Å²) in [5.41, 5.74) is 0.521. The van der Waals surface area contributed by atoms with Crippen LogP contribution < -0.4 is 10.0 Å². The van der Waals surface area contributed by atoms with Crippen LogP contribution in [-0.4, -0.2) is 27.1 Å². The first-order chi connectivity index (χ1) is 10.4. The molecule has 118 valence electrons. The Bertz CT molecular complexity index is 664. The molecule has 0 atom stereocenters. The smallest absolute Gasteiger partial charge is 0.239 e. The average molecular weight is 341 g/mol. The fourth-order valence-corrected chi connectivity index (χ4v) is 1.94. The van der Waals surface area contributed by atoms with E-state index in [1.54, 1.807) is 24.3 Å². The Labute approximate surface area is 135 Å². The van der Waals surface area contributed by atoms with Crippen LogP contribution in [0.25, 0.3) is 0 Å². The lowest BCUT2D eigenvalue weighted by Gasteiger charge is -2.05. The third kappa shape index (κ3) is 9.12. The molecule has 7 heteroatoms. The maximum atomic E-state index is 11.3. The fraction of sp³-hybridized carbons (Fsp3) is 0.133. The Morgan fingerprint density at radius 3 is 2.05 bits per heavy atom. The molecule has 0 saturated heterocycles. The van der Waals surface area contributed by atoms with Gasteiger partial charge in [-0.3, -0.25) is 4.79 Å². The number of amides is 1. The van der Waals surface area contributed by atoms with E-state index in [4.69, 9.17) is 11.6 Å². The van der Waals surface area contributed by atoms with Gasteiger partial charge >= 0.3 is 0 Å². The molecule has 0 radical (unpaired) electrons. The van der Waals surface area contributed by atoms with E-state index in [1.165, 1.54) is 0 Å². The number of hydrogen-bond donors (Lipinski definition) is 2. The van der Waals surface area contributed by atoms with Crippen molar-refractivity contribution in [3.05, 3.63) is 65.7 Å². The molecule has 2 aromatic rings. The molecule has 0 aromatic heterocycles. The van der Waals surface area contributed by atoms with Crippen LogP contribution in [0.2, 0.25) is 5.02 Å². The van der Waals surface area contributed by atoms with Crippen LogP contribution in [0.3, 0.4) is 0 Å². The summed E-state index contributed by atoms with van der Waals surface area (Å²) in [6, 6.07) is 18.6. The number of halogens is 1. The molecule has 0 bridgehead atoms. The number of sulfonamides is 1. The van der Waals surface area contributed by atoms with E-state index < -0.39 is 15.9 Å². The molecule has 0 spiro atoms. The molecular weight excluding hydrogens is 324 g/mol. The molecule has 0 saturated carbocycles. The third-order valence-electron chi connectivity index (χ3n) is 2.27. The zero-order valence-electron chi connectivity index (χ0n) is 12.0. The van der Waals surface area contributed by atoms with E-state index in [9.17, 15) is 13.2 Å². The maximum Gasteiger partial charge on any atom is 0.239 e. The van der Waals surface area contributed by atoms with Crippen LogP contribution in [0.1, 0.15) is 0 Å². The molecule has 22 heavy (non-hydrogen) atoms. The molecule has 1 amide bonds. The van der Waals surface area contributed by atoms with Crippen molar-refractivity contribution < 1.29 is 13.2 Å². The standard InChI is InChI=1S/C9H11ClN2O3S.C6H6/c1-16(14,15)11-6-9(13)12-8-4-2-3-7(10)5-8;1-2-4-6-5-3-1/h2-5,11H,6H2,1H3,(H,12,13);1-6H. The topological polar surface area (TPSA) is 75.3 Å². The molecule has 2 N–H and O–H groups in total. The van der Waals surface area contributed by atoms with Crippen molar-refractivity contribution in [3.63, 3.8) is 0 Å². The first kappa shape index (κ1) is 18.2. The minimum absolute atomic E-state index is 0.300. The monoisotopic (exact) mass is 340 g/mol. The van der Waals surface area contributed by atoms with Gasteiger partial charge in [-0.05, 0) is 18.2 Å². The van der Waals surface area contributed by atoms with E-state index >= 15 is 0 Å². The van der Waals surface area contributed by atoms with Crippen molar-refractivity contribution in [3.8, 4) is 0 Å². The third-order valence-corrected chi connectivity index (χ3v) is 3.17. The fourth-order valence-electron chi connectivity index (χ4n) is 1.35. The van der Waals surface area contributed by atoms with E-state index in [-0.39, 0.29) is 6.54 Å². The van der Waals surface area contributed by atoms with Gasteiger partial charge in [-0.2, -0.15) is 0 Å². The Kier molecular flexibility index (Phi) is 7.59. The van der Waals surface area contributed by atoms with Gasteiger partial charge in [-0.15, -0.1) is 0 Å². The van der Waals surface area contributed by atoms with Gasteiger partial charge in [-0.1, -0.05) is 54.1 Å². The largest absolute Gasteiger partial charge is 0.325 e. The molecule has 0 aliphatic carbocycles. The zero-order chi connectivity index (χ0) is 16.4. The van der Waals surface area contributed by atoms with Crippen molar-refractivity contribution >= 4 is 33.2 Å². The van der Waals surface area contributed by atoms with E-state index in [0.29, 0.717) is 10.7 Å². The molecular formula is C15H17ClN2O3S. The molecule has 2 aromatic carbocycles. The summed E-state index contributed by atoms with van der Waals surface area (Å²) in [4.78, 5) is 11.3. The van der Waals surface area contributed by atoms with Gasteiger partial charge in [0, 0.05) is 10.7 Å². The van der Waals surface area contributed by atoms with Crippen LogP contribution in [-0.2, 0) is 14.8 Å². The highest BCUT2D eigenvalue weighted by atomic mass is 35.5. The van der Waals surface area contributed by atoms with Gasteiger partial charge in [-0.25, -0.2) is 13.1 Å². The van der Waals surface area contributed by atoms with Crippen molar-refractivity contribution in [2.75, 3.05) is 18.1 Å². The Morgan fingerprint density at radius 1 is 1.05 bits per heavy atom. The van der Waals surface area contributed by atoms with Crippen LogP contribution in [0.4, 0.5) is 5.69 Å². The summed E-state index contributed by atoms with van der Waals surface area (Å²) >= 11 is 5.72. The second kappa shape index (κ2) is 9.19. The van der Waals surface area contributed by atoms with Crippen molar-refractivity contribution in [1.29, 1.82) is 0 Å². The van der Waals surface area contributed by atoms with E-state index in [1.807, 2.05) is 36.4 Å². The van der Waals surface area contributed by atoms with Crippen molar-refractivity contribution in [2.45, 2.75) is 0 Å². The van der Waals surface area contributed by atoms with Crippen LogP contribution in [0, 0.1) is 0 Å². The molecule has 0 unspecified atom stereocenters. The number of carbonyl (C=O) groups excluding carboxylic acids is 1. The van der Waals surface area contributed by atoms with Crippen LogP contribution in [0.15, 0.2) is 60.7 Å². The van der Waals surface area contributed by atoms with E-state index in [2.05, 4.69) is 10.0 Å². The Hall–Kier alpha value is -1.89. The zero-order valence-corrected chi connectivity index (χ0v) is 13.6. The Morgan fingerprint density at radius 2 is 1.59 bits per heavy atom. The normalized spacial score (nSPS) is 10.3. The summed E-state index contributed by atoms with van der Waals surface area (Å²) in [5.74, 6) is -0.451. The highest BCUT2D eigenvalue weighted by molar-refractivity contribution is 7.88. The summed E-state index contributed by atoms with van der Waals surface area (Å²) < 4.78 is 23.5. The number of hydrogen-bond acceptors (Lipinski definition) is 3. The second-order valence-corrected chi connectivity index (χ2v) is 6.58. The van der Waals surface area contributed by atoms with Crippen LogP contribution >= 0.6 is 11.6 Å². The van der Waals surface area contributed by atoms with Crippen molar-refractivity contribution in [2.24, 2.45) is 0 Å². The predicted molar refractivity (Wildman–Crippen MR) is 89.4 cm³/mol. The minimum atomic E-state index is -3.36. The highest BCUT2D eigenvalue weighted by Gasteiger charge is 2.06. The summed E-state index contributed by atoms with van der Waals surface area (Å²) in [7, 11) is -3.36.